The van der Waals surface area contributed by atoms with Crippen LogP contribution in [0.15, 0.2) is 30.6 Å². The van der Waals surface area contributed by atoms with Gasteiger partial charge >= 0.3 is 19.7 Å². The van der Waals surface area contributed by atoms with Crippen LogP contribution in [0.1, 0.15) is 59.8 Å². The number of esters is 2. The molecule has 0 amide bonds. The molecular formula is C29H42N7O10P. The SMILES string of the molecule is CC(C)OC(=O)CCc1ccccc1OP(=O)(NC(C)C(=O)OC(C)C)OC[C@H]1O[C@@H](n2cnc3c(N)nc(N)nc32)[C@](C)(O)[C@@H]1O. The molecule has 258 valence electrons. The number of anilines is 2. The van der Waals surface area contributed by atoms with Crippen molar-refractivity contribution in [2.75, 3.05) is 18.1 Å². The Labute approximate surface area is 271 Å². The lowest BCUT2D eigenvalue weighted by atomic mass is 9.96. The third-order valence-corrected chi connectivity index (χ3v) is 8.73. The molecule has 7 N–H and O–H groups in total. The molecule has 3 aromatic rings. The Morgan fingerprint density at radius 2 is 1.81 bits per heavy atom. The second kappa shape index (κ2) is 14.5. The Kier molecular flexibility index (Phi) is 11.1. The molecule has 18 heteroatoms. The molecule has 2 aromatic heterocycles. The van der Waals surface area contributed by atoms with E-state index in [0.29, 0.717) is 5.56 Å². The number of nitrogens with zero attached hydrogens (tertiary/aromatic N) is 4. The Morgan fingerprint density at radius 1 is 1.13 bits per heavy atom. The number of nitrogens with two attached hydrogens (primary N) is 2. The molecule has 0 radical (unpaired) electrons. The average molecular weight is 680 g/mol. The quantitative estimate of drug-likeness (QED) is 0.121. The van der Waals surface area contributed by atoms with Gasteiger partial charge in [0, 0.05) is 6.42 Å². The van der Waals surface area contributed by atoms with E-state index in [1.54, 1.807) is 45.9 Å². The van der Waals surface area contributed by atoms with E-state index in [2.05, 4.69) is 20.0 Å². The molecular weight excluding hydrogens is 637 g/mol. The summed E-state index contributed by atoms with van der Waals surface area (Å²) in [5, 5.41) is 25.0. The van der Waals surface area contributed by atoms with Crippen molar-refractivity contribution in [1.29, 1.82) is 0 Å². The smallest absolute Gasteiger partial charge is 0.459 e. The maximum Gasteiger partial charge on any atom is 0.459 e. The standard InChI is InChI=1S/C29H42N7O10P/c1-15(2)43-21(37)12-11-18-9-7-8-10-19(18)46-47(41,35-17(5)26(39)44-16(3)4)42-13-20-23(38)29(6,40)27(45-20)36-14-32-22-24(30)33-28(31)34-25(22)36/h7-10,14-17,20,23,27,38,40H,11-13H2,1-6H3,(H,35,41)(H4,30,31,33,34)/t17?,20-,23-,27-,29-,47?/m1/s1. The number of aromatic nitrogens is 4. The van der Waals surface area contributed by atoms with Crippen molar-refractivity contribution in [3.63, 3.8) is 0 Å². The summed E-state index contributed by atoms with van der Waals surface area (Å²) in [5.74, 6) is -1.15. The van der Waals surface area contributed by atoms with Gasteiger partial charge in [-0.25, -0.2) is 9.55 Å². The zero-order valence-electron chi connectivity index (χ0n) is 27.0. The zero-order valence-corrected chi connectivity index (χ0v) is 27.9. The molecule has 47 heavy (non-hydrogen) atoms. The second-order valence-electron chi connectivity index (χ2n) is 11.9. The third kappa shape index (κ3) is 8.54. The summed E-state index contributed by atoms with van der Waals surface area (Å²) in [6.45, 7) is 8.99. The van der Waals surface area contributed by atoms with E-state index in [0.717, 1.165) is 0 Å². The van der Waals surface area contributed by atoms with Crippen LogP contribution in [0.2, 0.25) is 0 Å². The van der Waals surface area contributed by atoms with Crippen LogP contribution in [0.5, 0.6) is 5.75 Å². The number of aryl methyl sites for hydroxylation is 1. The summed E-state index contributed by atoms with van der Waals surface area (Å²) in [4.78, 5) is 37.0. The van der Waals surface area contributed by atoms with Gasteiger partial charge in [0.05, 0.1) is 25.1 Å². The first-order valence-corrected chi connectivity index (χ1v) is 16.6. The Bertz CT molecular complexity index is 1630. The number of rotatable bonds is 14. The zero-order chi connectivity index (χ0) is 34.7. The van der Waals surface area contributed by atoms with Gasteiger partial charge in [0.25, 0.3) is 0 Å². The van der Waals surface area contributed by atoms with Crippen LogP contribution in [0.25, 0.3) is 11.2 Å². The Hall–Kier alpha value is -3.86. The number of para-hydroxylation sites is 1. The van der Waals surface area contributed by atoms with Crippen molar-refractivity contribution < 1.29 is 47.6 Å². The summed E-state index contributed by atoms with van der Waals surface area (Å²) >= 11 is 0. The van der Waals surface area contributed by atoms with Crippen LogP contribution >= 0.6 is 7.75 Å². The monoisotopic (exact) mass is 679 g/mol. The summed E-state index contributed by atoms with van der Waals surface area (Å²) in [6.07, 6.45) is -3.31. The van der Waals surface area contributed by atoms with Gasteiger partial charge in [-0.15, -0.1) is 0 Å². The van der Waals surface area contributed by atoms with Crippen LogP contribution in [0.3, 0.4) is 0 Å². The van der Waals surface area contributed by atoms with E-state index >= 15 is 0 Å². The fraction of sp³-hybridized carbons (Fsp3) is 0.552. The van der Waals surface area contributed by atoms with E-state index in [4.69, 9.17) is 34.7 Å². The number of nitrogens with one attached hydrogen (secondary N) is 1. The largest absolute Gasteiger partial charge is 0.463 e. The highest BCUT2D eigenvalue weighted by molar-refractivity contribution is 7.52. The summed E-state index contributed by atoms with van der Waals surface area (Å²) in [7, 11) is -4.46. The minimum Gasteiger partial charge on any atom is -0.463 e. The normalized spacial score (nSPS) is 23.1. The van der Waals surface area contributed by atoms with Gasteiger partial charge in [-0.2, -0.15) is 15.1 Å². The lowest BCUT2D eigenvalue weighted by Crippen LogP contribution is -2.44. The van der Waals surface area contributed by atoms with Crippen molar-refractivity contribution in [2.45, 2.75) is 96.7 Å². The van der Waals surface area contributed by atoms with E-state index in [9.17, 15) is 24.4 Å². The van der Waals surface area contributed by atoms with Crippen LogP contribution in [-0.2, 0) is 39.3 Å². The van der Waals surface area contributed by atoms with Crippen LogP contribution in [0.4, 0.5) is 11.8 Å². The molecule has 4 rings (SSSR count). The number of hydrogen-bond donors (Lipinski definition) is 5. The fourth-order valence-electron chi connectivity index (χ4n) is 4.88. The van der Waals surface area contributed by atoms with Crippen molar-refractivity contribution in [1.82, 2.24) is 24.6 Å². The van der Waals surface area contributed by atoms with Gasteiger partial charge in [-0.05, 0) is 59.6 Å². The van der Waals surface area contributed by atoms with Crippen molar-refractivity contribution >= 4 is 42.6 Å². The summed E-state index contributed by atoms with van der Waals surface area (Å²) in [6, 6.07) is 5.41. The summed E-state index contributed by atoms with van der Waals surface area (Å²) < 4.78 is 43.8. The van der Waals surface area contributed by atoms with Gasteiger partial charge in [-0.3, -0.25) is 18.7 Å². The maximum atomic E-state index is 14.3. The highest BCUT2D eigenvalue weighted by Gasteiger charge is 2.54. The van der Waals surface area contributed by atoms with Gasteiger partial charge < -0.3 is 40.4 Å². The molecule has 0 saturated carbocycles. The van der Waals surface area contributed by atoms with Crippen LogP contribution in [0, 0.1) is 0 Å². The molecule has 0 spiro atoms. The fourth-order valence-corrected chi connectivity index (χ4v) is 6.42. The number of fused-ring (bicyclic) bond motifs is 1. The van der Waals surface area contributed by atoms with E-state index in [1.165, 1.54) is 30.8 Å². The third-order valence-electron chi connectivity index (χ3n) is 7.10. The minimum atomic E-state index is -4.46. The maximum absolute atomic E-state index is 14.3. The second-order valence-corrected chi connectivity index (χ2v) is 13.5. The summed E-state index contributed by atoms with van der Waals surface area (Å²) in [5.41, 5.74) is 10.6. The van der Waals surface area contributed by atoms with Gasteiger partial charge in [0.2, 0.25) is 5.95 Å². The van der Waals surface area contributed by atoms with Crippen molar-refractivity contribution in [3.05, 3.63) is 36.2 Å². The van der Waals surface area contributed by atoms with Gasteiger partial charge in [-0.1, -0.05) is 18.2 Å². The number of benzene rings is 1. The molecule has 1 aliphatic rings. The highest BCUT2D eigenvalue weighted by atomic mass is 31.2. The Morgan fingerprint density at radius 3 is 2.49 bits per heavy atom. The average Bonchev–Trinajstić information content (AvgIpc) is 3.48. The predicted molar refractivity (Wildman–Crippen MR) is 169 cm³/mol. The van der Waals surface area contributed by atoms with Gasteiger partial charge in [0.15, 0.2) is 17.7 Å². The molecule has 2 unspecified atom stereocenters. The first-order valence-electron chi connectivity index (χ1n) is 15.0. The van der Waals surface area contributed by atoms with E-state index < -0.39 is 62.5 Å². The number of hydrogen-bond acceptors (Lipinski definition) is 15. The number of carbonyl (C=O) groups is 2. The first-order chi connectivity index (χ1) is 22.0. The van der Waals surface area contributed by atoms with E-state index in [-0.39, 0.29) is 47.6 Å². The molecule has 1 aliphatic heterocycles. The molecule has 1 aromatic carbocycles. The number of carbonyl (C=O) groups excluding carboxylic acids is 2. The van der Waals surface area contributed by atoms with E-state index in [1.807, 2.05) is 0 Å². The van der Waals surface area contributed by atoms with Crippen LogP contribution in [-0.4, -0.2) is 84.3 Å². The number of ether oxygens (including phenoxy) is 3. The molecule has 17 nitrogen and oxygen atoms in total. The van der Waals surface area contributed by atoms with Crippen molar-refractivity contribution in [2.24, 2.45) is 0 Å². The molecule has 0 aliphatic carbocycles. The number of aliphatic hydroxyl groups is 2. The highest BCUT2D eigenvalue weighted by Crippen LogP contribution is 2.48. The van der Waals surface area contributed by atoms with Gasteiger partial charge in [0.1, 0.15) is 35.1 Å². The Balaban J connectivity index is 1.58. The predicted octanol–water partition coefficient (Wildman–Crippen LogP) is 2.02. The molecule has 1 fully saturated rings. The molecule has 0 bridgehead atoms. The number of imidazole rings is 1. The lowest BCUT2D eigenvalue weighted by molar-refractivity contribution is -0.149. The first kappa shape index (κ1) is 36.0. The molecule has 1 saturated heterocycles. The topological polar surface area (TPSA) is 245 Å². The van der Waals surface area contributed by atoms with Crippen LogP contribution < -0.4 is 21.1 Å². The van der Waals surface area contributed by atoms with Crippen molar-refractivity contribution in [3.8, 4) is 5.75 Å². The molecule has 3 heterocycles. The minimum absolute atomic E-state index is 0.00990. The lowest BCUT2D eigenvalue weighted by Gasteiger charge is -2.27. The number of nitrogen functional groups attached to an aromatic ring is 2. The number of aliphatic hydroxyl groups excluding tert-OH is 1. The molecule has 6 atom stereocenters.